The molecule has 4 aliphatic rings. The molecule has 8 atom stereocenters. The Hall–Kier alpha value is -2.06. The number of aliphatic hydroxyl groups excluding tert-OH is 2. The summed E-state index contributed by atoms with van der Waals surface area (Å²) in [6.07, 6.45) is 3.62. The standard InChI is InChI=1S/C27H31NO5S/c1-13-11-26-14(2)9-18-19(25(18,3)4)17(22(26)31)10-16(12-29)21(30)27(26,32)23(13)33-24-20-15(5-7-28-24)6-8-34-20/h5-8,10-11,14,17-19,21,23,29-30,32H,9,12H2,1-4H3/t14-,17+,18?,19?,21-,23+,26+,27+/m1/s1. The summed E-state index contributed by atoms with van der Waals surface area (Å²) in [6.45, 7) is 7.81. The molecule has 0 aliphatic heterocycles. The number of thiophene rings is 1. The van der Waals surface area contributed by atoms with Gasteiger partial charge < -0.3 is 20.1 Å². The third kappa shape index (κ3) is 2.51. The van der Waals surface area contributed by atoms with Gasteiger partial charge in [-0.2, -0.15) is 0 Å². The van der Waals surface area contributed by atoms with Crippen LogP contribution in [0.3, 0.4) is 0 Å². The number of aliphatic hydroxyl groups is 3. The summed E-state index contributed by atoms with van der Waals surface area (Å²) in [4.78, 5) is 18.8. The molecular weight excluding hydrogens is 450 g/mol. The number of aromatic nitrogens is 1. The van der Waals surface area contributed by atoms with Crippen molar-refractivity contribution in [1.82, 2.24) is 4.98 Å². The van der Waals surface area contributed by atoms with Gasteiger partial charge in [0.25, 0.3) is 0 Å². The van der Waals surface area contributed by atoms with E-state index < -0.39 is 35.7 Å². The van der Waals surface area contributed by atoms with Crippen molar-refractivity contribution in [1.29, 1.82) is 0 Å². The molecule has 2 aromatic heterocycles. The molecule has 4 aliphatic carbocycles. The van der Waals surface area contributed by atoms with Crippen molar-refractivity contribution in [3.8, 4) is 5.88 Å². The van der Waals surface area contributed by atoms with Gasteiger partial charge in [0.15, 0.2) is 17.5 Å². The molecule has 1 spiro atoms. The van der Waals surface area contributed by atoms with Gasteiger partial charge in [-0.1, -0.05) is 32.9 Å². The predicted molar refractivity (Wildman–Crippen MR) is 129 cm³/mol. The van der Waals surface area contributed by atoms with E-state index in [9.17, 15) is 20.1 Å². The lowest BCUT2D eigenvalue weighted by Gasteiger charge is -2.48. The molecule has 2 fully saturated rings. The number of hydrogen-bond acceptors (Lipinski definition) is 7. The van der Waals surface area contributed by atoms with Gasteiger partial charge in [0.05, 0.1) is 16.7 Å². The second kappa shape index (κ2) is 7.00. The summed E-state index contributed by atoms with van der Waals surface area (Å²) in [5.41, 5.74) is -2.28. The van der Waals surface area contributed by atoms with Crippen LogP contribution >= 0.6 is 11.3 Å². The van der Waals surface area contributed by atoms with Crippen LogP contribution in [-0.4, -0.2) is 50.5 Å². The van der Waals surface area contributed by atoms with Crippen LogP contribution in [0.4, 0.5) is 0 Å². The fourth-order valence-electron chi connectivity index (χ4n) is 7.66. The number of carbonyl (C=O) groups excluding carboxylic acids is 1. The van der Waals surface area contributed by atoms with Gasteiger partial charge in [0.2, 0.25) is 5.88 Å². The van der Waals surface area contributed by atoms with Gasteiger partial charge in [0.1, 0.15) is 6.10 Å². The van der Waals surface area contributed by atoms with Crippen molar-refractivity contribution in [2.45, 2.75) is 51.9 Å². The number of ether oxygens (including phenoxy) is 1. The number of Topliss-reactive ketones (excluding diaryl/α,β-unsaturated/α-hetero) is 1. The highest BCUT2D eigenvalue weighted by atomic mass is 32.1. The highest BCUT2D eigenvalue weighted by Crippen LogP contribution is 2.71. The van der Waals surface area contributed by atoms with E-state index in [2.05, 4.69) is 18.8 Å². The lowest BCUT2D eigenvalue weighted by molar-refractivity contribution is -0.186. The second-order valence-corrected chi connectivity index (χ2v) is 12.2. The van der Waals surface area contributed by atoms with Gasteiger partial charge >= 0.3 is 0 Å². The average molecular weight is 482 g/mol. The van der Waals surface area contributed by atoms with Crippen molar-refractivity contribution in [3.63, 3.8) is 0 Å². The largest absolute Gasteiger partial charge is 0.466 e. The number of ketones is 1. The molecule has 2 aromatic rings. The van der Waals surface area contributed by atoms with Crippen LogP contribution in [-0.2, 0) is 4.79 Å². The van der Waals surface area contributed by atoms with Gasteiger partial charge in [-0.3, -0.25) is 4.79 Å². The second-order valence-electron chi connectivity index (χ2n) is 11.3. The van der Waals surface area contributed by atoms with Crippen LogP contribution in [0.5, 0.6) is 5.88 Å². The average Bonchev–Trinajstić information content (AvgIpc) is 3.11. The quantitative estimate of drug-likeness (QED) is 0.580. The van der Waals surface area contributed by atoms with Crippen molar-refractivity contribution in [3.05, 3.63) is 47.0 Å². The number of nitrogens with zero attached hydrogens (tertiary/aromatic N) is 1. The summed E-state index contributed by atoms with van der Waals surface area (Å²) in [7, 11) is 0. The minimum atomic E-state index is -1.96. The Morgan fingerprint density at radius 3 is 2.79 bits per heavy atom. The Kier molecular flexibility index (Phi) is 4.61. The summed E-state index contributed by atoms with van der Waals surface area (Å²) in [5.74, 6) is 0.110. The lowest BCUT2D eigenvalue weighted by atomic mass is 9.59. The fraction of sp³-hybridized carbons (Fsp3) is 0.556. The predicted octanol–water partition coefficient (Wildman–Crippen LogP) is 3.51. The van der Waals surface area contributed by atoms with E-state index in [1.807, 2.05) is 37.4 Å². The molecule has 0 radical (unpaired) electrons. The number of allylic oxidation sites excluding steroid dienone is 1. The SMILES string of the molecule is CC1=C[C@]23C(=O)[C@@H](C=C(CO)[C@@H](O)[C@]2(O)[C@H]1Oc1nccc2ccsc12)C1C(C[C@H]3C)C1(C)C. The van der Waals surface area contributed by atoms with Crippen molar-refractivity contribution in [2.24, 2.45) is 34.5 Å². The molecule has 6 nitrogen and oxygen atoms in total. The number of fused-ring (bicyclic) bond motifs is 4. The molecule has 6 rings (SSSR count). The van der Waals surface area contributed by atoms with Crippen LogP contribution in [0.25, 0.3) is 10.1 Å². The smallest absolute Gasteiger partial charge is 0.232 e. The first-order valence-electron chi connectivity index (χ1n) is 12.0. The van der Waals surface area contributed by atoms with Gasteiger partial charge in [-0.05, 0) is 70.6 Å². The minimum absolute atomic E-state index is 0.00662. The van der Waals surface area contributed by atoms with Crippen LogP contribution in [0.2, 0.25) is 0 Å². The Labute approximate surface area is 203 Å². The summed E-state index contributed by atoms with van der Waals surface area (Å²) < 4.78 is 7.26. The van der Waals surface area contributed by atoms with Gasteiger partial charge in [-0.15, -0.1) is 11.3 Å². The molecule has 2 saturated carbocycles. The minimum Gasteiger partial charge on any atom is -0.466 e. The molecule has 180 valence electrons. The number of pyridine rings is 1. The summed E-state index contributed by atoms with van der Waals surface area (Å²) >= 11 is 1.49. The third-order valence-electron chi connectivity index (χ3n) is 9.46. The first-order valence-corrected chi connectivity index (χ1v) is 12.9. The number of hydrogen-bond donors (Lipinski definition) is 3. The third-order valence-corrected chi connectivity index (χ3v) is 10.4. The molecule has 2 unspecified atom stereocenters. The van der Waals surface area contributed by atoms with E-state index in [0.29, 0.717) is 17.4 Å². The highest BCUT2D eigenvalue weighted by Gasteiger charge is 2.76. The molecule has 34 heavy (non-hydrogen) atoms. The Morgan fingerprint density at radius 1 is 1.29 bits per heavy atom. The zero-order valence-corrected chi connectivity index (χ0v) is 20.7. The molecule has 7 heteroatoms. The van der Waals surface area contributed by atoms with E-state index in [0.717, 1.165) is 16.5 Å². The molecule has 0 saturated heterocycles. The Bertz CT molecular complexity index is 1260. The zero-order chi connectivity index (χ0) is 24.2. The highest BCUT2D eigenvalue weighted by molar-refractivity contribution is 7.17. The maximum Gasteiger partial charge on any atom is 0.232 e. The fourth-order valence-corrected chi connectivity index (χ4v) is 8.48. The van der Waals surface area contributed by atoms with Crippen molar-refractivity contribution in [2.75, 3.05) is 6.61 Å². The van der Waals surface area contributed by atoms with Crippen molar-refractivity contribution < 1.29 is 24.9 Å². The summed E-state index contributed by atoms with van der Waals surface area (Å²) in [6, 6.07) is 3.87. The van der Waals surface area contributed by atoms with E-state index in [4.69, 9.17) is 4.74 Å². The summed E-state index contributed by atoms with van der Waals surface area (Å²) in [5, 5.41) is 37.4. The maximum atomic E-state index is 14.4. The van der Waals surface area contributed by atoms with Crippen LogP contribution in [0, 0.1) is 34.5 Å². The first kappa shape index (κ1) is 22.4. The Balaban J connectivity index is 1.53. The monoisotopic (exact) mass is 481 g/mol. The molecule has 0 amide bonds. The first-order chi connectivity index (χ1) is 16.1. The molecule has 2 heterocycles. The van der Waals surface area contributed by atoms with E-state index >= 15 is 0 Å². The molecule has 2 bridgehead atoms. The Morgan fingerprint density at radius 2 is 2.06 bits per heavy atom. The van der Waals surface area contributed by atoms with E-state index in [1.54, 1.807) is 12.3 Å². The molecule has 3 N–H and O–H groups in total. The number of rotatable bonds is 3. The van der Waals surface area contributed by atoms with Gasteiger partial charge in [0, 0.05) is 12.1 Å². The lowest BCUT2D eigenvalue weighted by Crippen LogP contribution is -2.66. The van der Waals surface area contributed by atoms with Crippen LogP contribution < -0.4 is 4.74 Å². The van der Waals surface area contributed by atoms with Crippen LogP contribution in [0.1, 0.15) is 34.1 Å². The topological polar surface area (TPSA) is 99.9 Å². The van der Waals surface area contributed by atoms with E-state index in [-0.39, 0.29) is 28.6 Å². The molecular formula is C27H31NO5S. The molecule has 0 aromatic carbocycles. The van der Waals surface area contributed by atoms with Gasteiger partial charge in [-0.25, -0.2) is 4.98 Å². The normalized spacial score (nSPS) is 42.3. The maximum absolute atomic E-state index is 14.4. The van der Waals surface area contributed by atoms with Crippen molar-refractivity contribution >= 4 is 27.2 Å². The van der Waals surface area contributed by atoms with Crippen LogP contribution in [0.15, 0.2) is 47.0 Å². The number of carbonyl (C=O) groups is 1. The van der Waals surface area contributed by atoms with E-state index in [1.165, 1.54) is 11.3 Å². The zero-order valence-electron chi connectivity index (χ0n) is 19.9.